The minimum atomic E-state index is 0.120. The highest BCUT2D eigenvalue weighted by Gasteiger charge is 2.32. The molecule has 0 radical (unpaired) electrons. The van der Waals surface area contributed by atoms with E-state index in [1.54, 1.807) is 0 Å². The molecule has 1 aromatic carbocycles. The maximum absolute atomic E-state index is 13.2. The lowest BCUT2D eigenvalue weighted by atomic mass is 9.69. The fraction of sp³-hybridized carbons (Fsp3) is 0.720. The van der Waals surface area contributed by atoms with Gasteiger partial charge in [-0.15, -0.1) is 0 Å². The first-order valence-electron chi connectivity index (χ1n) is 12.0. The second-order valence-corrected chi connectivity index (χ2v) is 10.3. The number of hydrogen-bond donors (Lipinski definition) is 1. The summed E-state index contributed by atoms with van der Waals surface area (Å²) < 4.78 is 11.1. The second-order valence-electron chi connectivity index (χ2n) is 10.3. The lowest BCUT2D eigenvalue weighted by Crippen LogP contribution is -2.38. The summed E-state index contributed by atoms with van der Waals surface area (Å²) in [6, 6.07) is 6.47. The number of nitrogens with zero attached hydrogens (tertiary/aromatic N) is 2. The first kappa shape index (κ1) is 22.4. The third kappa shape index (κ3) is 5.53. The van der Waals surface area contributed by atoms with E-state index in [4.69, 9.17) is 9.47 Å². The zero-order valence-corrected chi connectivity index (χ0v) is 19.5. The Hall–Kier alpha value is -1.79. The van der Waals surface area contributed by atoms with Crippen LogP contribution in [0.2, 0.25) is 0 Å². The molecule has 0 spiro atoms. The summed E-state index contributed by atoms with van der Waals surface area (Å²) in [5, 5.41) is 3.30. The molecule has 0 unspecified atom stereocenters. The number of benzene rings is 1. The topological polar surface area (TPSA) is 54.0 Å². The summed E-state index contributed by atoms with van der Waals surface area (Å²) in [6.07, 6.45) is 4.28. The third-order valence-corrected chi connectivity index (χ3v) is 7.29. The van der Waals surface area contributed by atoms with Gasteiger partial charge in [0.1, 0.15) is 0 Å². The van der Waals surface area contributed by atoms with Crippen molar-refractivity contribution >= 4 is 23.0 Å². The monoisotopic (exact) mass is 429 g/mol. The van der Waals surface area contributed by atoms with E-state index in [9.17, 15) is 4.79 Å². The van der Waals surface area contributed by atoms with E-state index in [2.05, 4.69) is 54.1 Å². The van der Waals surface area contributed by atoms with Gasteiger partial charge < -0.3 is 24.6 Å². The quantitative estimate of drug-likeness (QED) is 0.779. The molecule has 4 rings (SSSR count). The summed E-state index contributed by atoms with van der Waals surface area (Å²) in [4.78, 5) is 17.9. The average molecular weight is 430 g/mol. The predicted octanol–water partition coefficient (Wildman–Crippen LogP) is 4.15. The lowest BCUT2D eigenvalue weighted by Gasteiger charge is -2.37. The molecule has 3 aliphatic rings. The number of ether oxygens (including phenoxy) is 2. The number of carbonyl (C=O) groups is 1. The summed E-state index contributed by atoms with van der Waals surface area (Å²) >= 11 is 0. The van der Waals surface area contributed by atoms with Gasteiger partial charge in [-0.2, -0.15) is 0 Å². The van der Waals surface area contributed by atoms with Crippen LogP contribution in [0.3, 0.4) is 0 Å². The smallest absolute Gasteiger partial charge is 0.227 e. The van der Waals surface area contributed by atoms with Crippen LogP contribution < -0.4 is 15.1 Å². The first-order valence-corrected chi connectivity index (χ1v) is 12.0. The molecule has 3 fully saturated rings. The Morgan fingerprint density at radius 3 is 2.06 bits per heavy atom. The van der Waals surface area contributed by atoms with Crippen molar-refractivity contribution in [3.8, 4) is 0 Å². The standard InChI is InChI=1S/C25H39N3O3/c1-25(2,3)20-6-4-19(5-7-20)24(29)26-22-9-8-21(27-10-14-30-15-11-27)18-23(22)28-12-16-31-17-13-28/h8-9,18-20H,4-7,10-17H2,1-3H3,(H,26,29). The van der Waals surface area contributed by atoms with Gasteiger partial charge in [0.05, 0.1) is 37.8 Å². The minimum Gasteiger partial charge on any atom is -0.378 e. The van der Waals surface area contributed by atoms with Crippen molar-refractivity contribution in [2.75, 3.05) is 67.7 Å². The normalized spacial score (nSPS) is 25.4. The number of anilines is 3. The Morgan fingerprint density at radius 1 is 0.903 bits per heavy atom. The summed E-state index contributed by atoms with van der Waals surface area (Å²) in [5.41, 5.74) is 3.58. The van der Waals surface area contributed by atoms with Crippen molar-refractivity contribution in [2.45, 2.75) is 46.5 Å². The Morgan fingerprint density at radius 2 is 1.48 bits per heavy atom. The van der Waals surface area contributed by atoms with Gasteiger partial charge in [-0.3, -0.25) is 4.79 Å². The van der Waals surface area contributed by atoms with Gasteiger partial charge in [-0.05, 0) is 55.2 Å². The maximum atomic E-state index is 13.2. The fourth-order valence-corrected chi connectivity index (χ4v) is 5.17. The second kappa shape index (κ2) is 9.78. The van der Waals surface area contributed by atoms with Gasteiger partial charge in [0, 0.05) is 37.8 Å². The molecule has 1 amide bonds. The number of nitrogens with one attached hydrogen (secondary N) is 1. The molecule has 0 aromatic heterocycles. The molecular formula is C25H39N3O3. The zero-order chi connectivity index (χ0) is 21.8. The molecule has 1 saturated carbocycles. The Labute approximate surface area is 187 Å². The van der Waals surface area contributed by atoms with Gasteiger partial charge in [-0.25, -0.2) is 0 Å². The highest BCUT2D eigenvalue weighted by Crippen LogP contribution is 2.40. The van der Waals surface area contributed by atoms with Crippen LogP contribution in [-0.2, 0) is 14.3 Å². The van der Waals surface area contributed by atoms with E-state index < -0.39 is 0 Å². The van der Waals surface area contributed by atoms with Gasteiger partial charge in [-0.1, -0.05) is 20.8 Å². The molecule has 31 heavy (non-hydrogen) atoms. The lowest BCUT2D eigenvalue weighted by molar-refractivity contribution is -0.121. The van der Waals surface area contributed by atoms with Gasteiger partial charge in [0.2, 0.25) is 5.91 Å². The molecule has 2 aliphatic heterocycles. The first-order chi connectivity index (χ1) is 14.9. The molecule has 0 bridgehead atoms. The van der Waals surface area contributed by atoms with Crippen molar-refractivity contribution < 1.29 is 14.3 Å². The molecule has 2 heterocycles. The Kier molecular flexibility index (Phi) is 7.07. The number of rotatable bonds is 4. The van der Waals surface area contributed by atoms with Gasteiger partial charge in [0.15, 0.2) is 0 Å². The van der Waals surface area contributed by atoms with Crippen molar-refractivity contribution in [2.24, 2.45) is 17.3 Å². The fourth-order valence-electron chi connectivity index (χ4n) is 5.17. The highest BCUT2D eigenvalue weighted by atomic mass is 16.5. The molecule has 6 nitrogen and oxygen atoms in total. The third-order valence-electron chi connectivity index (χ3n) is 7.29. The molecule has 1 aliphatic carbocycles. The van der Waals surface area contributed by atoms with E-state index in [0.717, 1.165) is 89.7 Å². The number of carbonyl (C=O) groups excluding carboxylic acids is 1. The van der Waals surface area contributed by atoms with Crippen molar-refractivity contribution in [3.05, 3.63) is 18.2 Å². The largest absolute Gasteiger partial charge is 0.378 e. The van der Waals surface area contributed by atoms with Crippen LogP contribution in [0.25, 0.3) is 0 Å². The molecular weight excluding hydrogens is 390 g/mol. The van der Waals surface area contributed by atoms with Crippen LogP contribution >= 0.6 is 0 Å². The average Bonchev–Trinajstić information content (AvgIpc) is 2.80. The van der Waals surface area contributed by atoms with Crippen LogP contribution in [0.1, 0.15) is 46.5 Å². The van der Waals surface area contributed by atoms with Gasteiger partial charge >= 0.3 is 0 Å². The van der Waals surface area contributed by atoms with E-state index in [1.165, 1.54) is 5.69 Å². The molecule has 1 aromatic rings. The van der Waals surface area contributed by atoms with Crippen molar-refractivity contribution in [3.63, 3.8) is 0 Å². The van der Waals surface area contributed by atoms with Crippen LogP contribution in [0.4, 0.5) is 17.1 Å². The van der Waals surface area contributed by atoms with E-state index >= 15 is 0 Å². The predicted molar refractivity (Wildman–Crippen MR) is 126 cm³/mol. The highest BCUT2D eigenvalue weighted by molar-refractivity contribution is 5.96. The van der Waals surface area contributed by atoms with E-state index in [-0.39, 0.29) is 11.8 Å². The summed E-state index contributed by atoms with van der Waals surface area (Å²) in [7, 11) is 0. The summed E-state index contributed by atoms with van der Waals surface area (Å²) in [5.74, 6) is 1.02. The maximum Gasteiger partial charge on any atom is 0.227 e. The molecule has 6 heteroatoms. The van der Waals surface area contributed by atoms with Gasteiger partial charge in [0.25, 0.3) is 0 Å². The van der Waals surface area contributed by atoms with E-state index in [0.29, 0.717) is 11.3 Å². The van der Waals surface area contributed by atoms with Crippen LogP contribution in [-0.4, -0.2) is 58.5 Å². The number of hydrogen-bond acceptors (Lipinski definition) is 5. The Bertz CT molecular complexity index is 741. The molecule has 1 N–H and O–H groups in total. The molecule has 172 valence electrons. The van der Waals surface area contributed by atoms with Crippen LogP contribution in [0, 0.1) is 17.3 Å². The van der Waals surface area contributed by atoms with Crippen molar-refractivity contribution in [1.29, 1.82) is 0 Å². The van der Waals surface area contributed by atoms with Crippen LogP contribution in [0.5, 0.6) is 0 Å². The van der Waals surface area contributed by atoms with E-state index in [1.807, 2.05) is 0 Å². The SMILES string of the molecule is CC(C)(C)C1CCC(C(=O)Nc2ccc(N3CCOCC3)cc2N2CCOCC2)CC1. The molecule has 2 saturated heterocycles. The summed E-state index contributed by atoms with van der Waals surface area (Å²) in [6.45, 7) is 13.5. The minimum absolute atomic E-state index is 0.120. The zero-order valence-electron chi connectivity index (χ0n) is 19.5. The molecule has 0 atom stereocenters. The van der Waals surface area contributed by atoms with Crippen molar-refractivity contribution in [1.82, 2.24) is 0 Å². The number of morpholine rings is 2. The Balaban J connectivity index is 1.48. The van der Waals surface area contributed by atoms with Crippen LogP contribution in [0.15, 0.2) is 18.2 Å². The number of amides is 1.